The first-order valence-corrected chi connectivity index (χ1v) is 7.78. The zero-order chi connectivity index (χ0) is 15.6. The van der Waals surface area contributed by atoms with E-state index in [2.05, 4.69) is 14.7 Å². The first kappa shape index (κ1) is 15.2. The lowest BCUT2D eigenvalue weighted by atomic mass is 10.1. The van der Waals surface area contributed by atoms with Crippen LogP contribution in [0.2, 0.25) is 0 Å². The van der Waals surface area contributed by atoms with Gasteiger partial charge in [-0.3, -0.25) is 4.72 Å². The van der Waals surface area contributed by atoms with Gasteiger partial charge in [-0.05, 0) is 49.6 Å². The summed E-state index contributed by atoms with van der Waals surface area (Å²) in [4.78, 5) is 7.89. The van der Waals surface area contributed by atoms with E-state index in [1.807, 2.05) is 6.92 Å². The number of nitrogens with one attached hydrogen (secondary N) is 1. The summed E-state index contributed by atoms with van der Waals surface area (Å²) in [5.74, 6) is 0.906. The van der Waals surface area contributed by atoms with Gasteiger partial charge in [-0.15, -0.1) is 0 Å². The number of hydrogen-bond donors (Lipinski definition) is 1. The predicted octanol–water partition coefficient (Wildman–Crippen LogP) is 2.21. The Labute approximate surface area is 124 Å². The van der Waals surface area contributed by atoms with Crippen molar-refractivity contribution >= 4 is 15.8 Å². The van der Waals surface area contributed by atoms with Crippen molar-refractivity contribution in [3.05, 3.63) is 41.3 Å². The van der Waals surface area contributed by atoms with Crippen LogP contribution < -0.4 is 9.46 Å². The van der Waals surface area contributed by atoms with Crippen LogP contribution in [0.1, 0.15) is 16.7 Å². The number of rotatable bonds is 4. The van der Waals surface area contributed by atoms with E-state index in [1.54, 1.807) is 27.0 Å². The van der Waals surface area contributed by atoms with Crippen molar-refractivity contribution in [1.29, 1.82) is 0 Å². The third-order valence-electron chi connectivity index (χ3n) is 3.29. The summed E-state index contributed by atoms with van der Waals surface area (Å²) in [6.45, 7) is 5.33. The smallest absolute Gasteiger partial charge is 0.263 e. The van der Waals surface area contributed by atoms with Gasteiger partial charge in [0.05, 0.1) is 12.0 Å². The molecule has 2 rings (SSSR count). The van der Waals surface area contributed by atoms with Crippen LogP contribution in [-0.4, -0.2) is 25.5 Å². The summed E-state index contributed by atoms with van der Waals surface area (Å²) in [5, 5.41) is 0. The lowest BCUT2D eigenvalue weighted by molar-refractivity contribution is 0.410. The van der Waals surface area contributed by atoms with E-state index < -0.39 is 10.0 Å². The second kappa shape index (κ2) is 5.69. The third-order valence-corrected chi connectivity index (χ3v) is 4.93. The molecule has 0 saturated carbocycles. The number of aromatic nitrogens is 2. The Bertz CT molecular complexity index is 759. The summed E-state index contributed by atoms with van der Waals surface area (Å²) < 4.78 is 32.9. The lowest BCUT2D eigenvalue weighted by Crippen LogP contribution is -2.17. The largest absolute Gasteiger partial charge is 0.496 e. The van der Waals surface area contributed by atoms with Crippen LogP contribution in [0.4, 0.5) is 5.82 Å². The summed E-state index contributed by atoms with van der Waals surface area (Å²) in [5.41, 5.74) is 2.08. The Morgan fingerprint density at radius 3 is 2.48 bits per heavy atom. The maximum Gasteiger partial charge on any atom is 0.263 e. The molecule has 1 aromatic heterocycles. The van der Waals surface area contributed by atoms with Gasteiger partial charge in [0, 0.05) is 6.20 Å². The van der Waals surface area contributed by atoms with Crippen LogP contribution in [0, 0.1) is 20.8 Å². The number of nitrogens with zero attached hydrogens (tertiary/aromatic N) is 2. The molecule has 0 aliphatic carbocycles. The Morgan fingerprint density at radius 1 is 1.19 bits per heavy atom. The van der Waals surface area contributed by atoms with Crippen molar-refractivity contribution < 1.29 is 13.2 Å². The van der Waals surface area contributed by atoms with Gasteiger partial charge in [0.25, 0.3) is 10.0 Å². The molecular formula is C14H17N3O3S. The molecule has 0 spiro atoms. The van der Waals surface area contributed by atoms with Crippen molar-refractivity contribution in [3.8, 4) is 5.75 Å². The van der Waals surface area contributed by atoms with E-state index in [4.69, 9.17) is 4.74 Å². The number of hydrogen-bond acceptors (Lipinski definition) is 5. The number of benzene rings is 1. The fraction of sp³-hybridized carbons (Fsp3) is 0.286. The normalized spacial score (nSPS) is 11.2. The minimum atomic E-state index is -3.72. The highest BCUT2D eigenvalue weighted by molar-refractivity contribution is 7.92. The first-order valence-electron chi connectivity index (χ1n) is 6.30. The van der Waals surface area contributed by atoms with Crippen molar-refractivity contribution in [2.75, 3.05) is 11.8 Å². The molecule has 0 aliphatic heterocycles. The molecule has 0 bridgehead atoms. The molecule has 0 aliphatic rings. The second-order valence-corrected chi connectivity index (χ2v) is 6.29. The number of anilines is 1. The molecular weight excluding hydrogens is 290 g/mol. The van der Waals surface area contributed by atoms with E-state index in [0.29, 0.717) is 16.9 Å². The van der Waals surface area contributed by atoms with E-state index in [9.17, 15) is 8.42 Å². The number of ether oxygens (including phenoxy) is 1. The van der Waals surface area contributed by atoms with Gasteiger partial charge in [-0.1, -0.05) is 0 Å². The van der Waals surface area contributed by atoms with Crippen LogP contribution in [0.5, 0.6) is 5.75 Å². The number of sulfonamides is 1. The highest BCUT2D eigenvalue weighted by atomic mass is 32.2. The molecule has 0 radical (unpaired) electrons. The maximum absolute atomic E-state index is 12.6. The van der Waals surface area contributed by atoms with E-state index in [1.165, 1.54) is 18.6 Å². The van der Waals surface area contributed by atoms with Crippen LogP contribution in [0.3, 0.4) is 0 Å². The molecule has 21 heavy (non-hydrogen) atoms. The topological polar surface area (TPSA) is 81.2 Å². The third kappa shape index (κ3) is 2.97. The number of aryl methyl sites for hydroxylation is 1. The van der Waals surface area contributed by atoms with Crippen molar-refractivity contribution in [3.63, 3.8) is 0 Å². The van der Waals surface area contributed by atoms with Gasteiger partial charge < -0.3 is 4.74 Å². The Hall–Kier alpha value is -2.15. The average Bonchev–Trinajstić information content (AvgIpc) is 2.43. The average molecular weight is 307 g/mol. The maximum atomic E-state index is 12.6. The first-order chi connectivity index (χ1) is 9.86. The molecule has 2 aromatic rings. The molecule has 0 amide bonds. The standard InChI is InChI=1S/C14H17N3O3S/c1-9-7-12(20-4)10(2)11(3)14(9)21(18,19)17-13-5-6-15-8-16-13/h5-8H,1-4H3,(H,15,16,17). The van der Waals surface area contributed by atoms with Gasteiger partial charge in [0.2, 0.25) is 0 Å². The van der Waals surface area contributed by atoms with Gasteiger partial charge in [0.1, 0.15) is 17.9 Å². The van der Waals surface area contributed by atoms with Gasteiger partial charge >= 0.3 is 0 Å². The monoisotopic (exact) mass is 307 g/mol. The van der Waals surface area contributed by atoms with Crippen molar-refractivity contribution in [1.82, 2.24) is 9.97 Å². The van der Waals surface area contributed by atoms with Gasteiger partial charge in [0.15, 0.2) is 0 Å². The molecule has 0 fully saturated rings. The Balaban J connectivity index is 2.53. The van der Waals surface area contributed by atoms with E-state index in [0.717, 1.165) is 5.56 Å². The summed E-state index contributed by atoms with van der Waals surface area (Å²) >= 11 is 0. The minimum absolute atomic E-state index is 0.234. The minimum Gasteiger partial charge on any atom is -0.496 e. The van der Waals surface area contributed by atoms with Crippen LogP contribution >= 0.6 is 0 Å². The molecule has 6 nitrogen and oxygen atoms in total. The molecule has 0 unspecified atom stereocenters. The quantitative estimate of drug-likeness (QED) is 0.936. The van der Waals surface area contributed by atoms with Gasteiger partial charge in [-0.2, -0.15) is 0 Å². The Kier molecular flexibility index (Phi) is 4.13. The van der Waals surface area contributed by atoms with Crippen LogP contribution in [0.15, 0.2) is 29.6 Å². The zero-order valence-electron chi connectivity index (χ0n) is 12.3. The van der Waals surface area contributed by atoms with Crippen molar-refractivity contribution in [2.45, 2.75) is 25.7 Å². The van der Waals surface area contributed by atoms with Crippen molar-refractivity contribution in [2.24, 2.45) is 0 Å². The molecule has 7 heteroatoms. The fourth-order valence-corrected chi connectivity index (χ4v) is 3.72. The molecule has 1 heterocycles. The summed E-state index contributed by atoms with van der Waals surface area (Å²) in [6, 6.07) is 3.22. The van der Waals surface area contributed by atoms with E-state index >= 15 is 0 Å². The molecule has 0 saturated heterocycles. The van der Waals surface area contributed by atoms with Gasteiger partial charge in [-0.25, -0.2) is 18.4 Å². The highest BCUT2D eigenvalue weighted by Gasteiger charge is 2.23. The zero-order valence-corrected chi connectivity index (χ0v) is 13.2. The SMILES string of the molecule is COc1cc(C)c(S(=O)(=O)Nc2ccncn2)c(C)c1C. The lowest BCUT2D eigenvalue weighted by Gasteiger charge is -2.16. The van der Waals surface area contributed by atoms with E-state index in [-0.39, 0.29) is 10.7 Å². The van der Waals surface area contributed by atoms with Crippen LogP contribution in [0.25, 0.3) is 0 Å². The summed E-state index contributed by atoms with van der Waals surface area (Å²) in [7, 11) is -2.15. The second-order valence-electron chi connectivity index (χ2n) is 4.67. The highest BCUT2D eigenvalue weighted by Crippen LogP contribution is 2.31. The van der Waals surface area contributed by atoms with Crippen LogP contribution in [-0.2, 0) is 10.0 Å². The molecule has 112 valence electrons. The number of methoxy groups -OCH3 is 1. The Morgan fingerprint density at radius 2 is 1.90 bits per heavy atom. The fourth-order valence-electron chi connectivity index (χ4n) is 2.19. The molecule has 1 N–H and O–H groups in total. The molecule has 0 atom stereocenters. The predicted molar refractivity (Wildman–Crippen MR) is 80.0 cm³/mol. The molecule has 1 aromatic carbocycles. The summed E-state index contributed by atoms with van der Waals surface area (Å²) in [6.07, 6.45) is 2.76.